The number of carbonyl (C=O) groups excluding carboxylic acids is 1. The SMILES string of the molecule is CC(C)C(C(=O)Oc1ccccc1)c1ccccc1. The average molecular weight is 254 g/mol. The third-order valence-corrected chi connectivity index (χ3v) is 3.04. The van der Waals surface area contributed by atoms with Crippen LogP contribution in [0.2, 0.25) is 0 Å². The summed E-state index contributed by atoms with van der Waals surface area (Å²) >= 11 is 0. The van der Waals surface area contributed by atoms with Crippen molar-refractivity contribution in [2.75, 3.05) is 0 Å². The molecule has 0 amide bonds. The van der Waals surface area contributed by atoms with Crippen molar-refractivity contribution in [1.82, 2.24) is 0 Å². The van der Waals surface area contributed by atoms with E-state index in [1.165, 1.54) is 0 Å². The Morgan fingerprint density at radius 1 is 0.895 bits per heavy atom. The summed E-state index contributed by atoms with van der Waals surface area (Å²) in [6.07, 6.45) is 0. The second-order valence-electron chi connectivity index (χ2n) is 4.87. The first-order chi connectivity index (χ1) is 9.18. The Labute approximate surface area is 114 Å². The Kier molecular flexibility index (Phi) is 4.35. The first-order valence-electron chi connectivity index (χ1n) is 6.50. The number of hydrogen-bond acceptors (Lipinski definition) is 2. The first kappa shape index (κ1) is 13.3. The topological polar surface area (TPSA) is 26.3 Å². The molecule has 0 N–H and O–H groups in total. The Morgan fingerprint density at radius 2 is 1.42 bits per heavy atom. The number of para-hydroxylation sites is 1. The molecule has 0 spiro atoms. The maximum atomic E-state index is 12.3. The Balaban J connectivity index is 2.19. The molecule has 0 aliphatic rings. The summed E-state index contributed by atoms with van der Waals surface area (Å²) in [5, 5.41) is 0. The maximum absolute atomic E-state index is 12.3. The summed E-state index contributed by atoms with van der Waals surface area (Å²) in [7, 11) is 0. The van der Waals surface area contributed by atoms with Gasteiger partial charge in [-0.1, -0.05) is 62.4 Å². The Bertz CT molecular complexity index is 517. The molecule has 1 atom stereocenters. The highest BCUT2D eigenvalue weighted by Gasteiger charge is 2.25. The van der Waals surface area contributed by atoms with Crippen LogP contribution in [0.1, 0.15) is 25.3 Å². The van der Waals surface area contributed by atoms with E-state index in [0.29, 0.717) is 5.75 Å². The van der Waals surface area contributed by atoms with E-state index in [4.69, 9.17) is 4.74 Å². The van der Waals surface area contributed by atoms with E-state index in [1.807, 2.05) is 62.4 Å². The highest BCUT2D eigenvalue weighted by atomic mass is 16.5. The van der Waals surface area contributed by atoms with E-state index in [9.17, 15) is 4.79 Å². The second-order valence-corrected chi connectivity index (χ2v) is 4.87. The van der Waals surface area contributed by atoms with Crippen molar-refractivity contribution in [3.63, 3.8) is 0 Å². The van der Waals surface area contributed by atoms with Crippen molar-refractivity contribution in [3.8, 4) is 5.75 Å². The van der Waals surface area contributed by atoms with Gasteiger partial charge in [-0.25, -0.2) is 0 Å². The van der Waals surface area contributed by atoms with Crippen LogP contribution in [-0.2, 0) is 4.79 Å². The van der Waals surface area contributed by atoms with Gasteiger partial charge in [-0.2, -0.15) is 0 Å². The normalized spacial score (nSPS) is 12.2. The lowest BCUT2D eigenvalue weighted by Crippen LogP contribution is -2.23. The quantitative estimate of drug-likeness (QED) is 0.608. The van der Waals surface area contributed by atoms with Crippen molar-refractivity contribution in [3.05, 3.63) is 66.2 Å². The van der Waals surface area contributed by atoms with Gasteiger partial charge in [0, 0.05) is 0 Å². The Morgan fingerprint density at radius 3 is 1.95 bits per heavy atom. The van der Waals surface area contributed by atoms with Crippen molar-refractivity contribution in [1.29, 1.82) is 0 Å². The van der Waals surface area contributed by atoms with E-state index in [2.05, 4.69) is 0 Å². The second kappa shape index (κ2) is 6.19. The standard InChI is InChI=1S/C17H18O2/c1-13(2)16(14-9-5-3-6-10-14)17(18)19-15-11-7-4-8-12-15/h3-13,16H,1-2H3. The largest absolute Gasteiger partial charge is 0.426 e. The van der Waals surface area contributed by atoms with Crippen LogP contribution in [0.3, 0.4) is 0 Å². The van der Waals surface area contributed by atoms with Crippen molar-refractivity contribution in [2.45, 2.75) is 19.8 Å². The molecule has 0 bridgehead atoms. The number of hydrogen-bond donors (Lipinski definition) is 0. The zero-order valence-corrected chi connectivity index (χ0v) is 11.2. The van der Waals surface area contributed by atoms with Gasteiger partial charge in [-0.15, -0.1) is 0 Å². The fourth-order valence-electron chi connectivity index (χ4n) is 2.12. The smallest absolute Gasteiger partial charge is 0.319 e. The molecule has 0 aromatic heterocycles. The van der Waals surface area contributed by atoms with Crippen molar-refractivity contribution >= 4 is 5.97 Å². The third kappa shape index (κ3) is 3.44. The summed E-state index contributed by atoms with van der Waals surface area (Å²) in [6, 6.07) is 19.0. The van der Waals surface area contributed by atoms with Gasteiger partial charge in [0.25, 0.3) is 0 Å². The van der Waals surface area contributed by atoms with E-state index in [0.717, 1.165) is 5.56 Å². The van der Waals surface area contributed by atoms with E-state index in [-0.39, 0.29) is 17.8 Å². The molecule has 1 unspecified atom stereocenters. The summed E-state index contributed by atoms with van der Waals surface area (Å²) in [6.45, 7) is 4.06. The molecule has 98 valence electrons. The summed E-state index contributed by atoms with van der Waals surface area (Å²) in [4.78, 5) is 12.3. The Hall–Kier alpha value is -2.09. The van der Waals surface area contributed by atoms with Gasteiger partial charge in [0.15, 0.2) is 0 Å². The lowest BCUT2D eigenvalue weighted by Gasteiger charge is -2.19. The molecule has 0 saturated heterocycles. The van der Waals surface area contributed by atoms with Gasteiger partial charge in [-0.05, 0) is 23.6 Å². The number of benzene rings is 2. The van der Waals surface area contributed by atoms with Gasteiger partial charge in [0.2, 0.25) is 0 Å². The third-order valence-electron chi connectivity index (χ3n) is 3.04. The van der Waals surface area contributed by atoms with Crippen molar-refractivity contribution < 1.29 is 9.53 Å². The molecule has 0 aliphatic carbocycles. The van der Waals surface area contributed by atoms with Crippen LogP contribution in [0.5, 0.6) is 5.75 Å². The predicted octanol–water partition coefficient (Wildman–Crippen LogP) is 4.03. The van der Waals surface area contributed by atoms with Crippen LogP contribution >= 0.6 is 0 Å². The molecule has 2 rings (SSSR count). The molecule has 0 heterocycles. The van der Waals surface area contributed by atoms with Crippen LogP contribution < -0.4 is 4.74 Å². The number of carbonyl (C=O) groups is 1. The van der Waals surface area contributed by atoms with Gasteiger partial charge < -0.3 is 4.74 Å². The van der Waals surface area contributed by atoms with Crippen LogP contribution in [0.15, 0.2) is 60.7 Å². The zero-order chi connectivity index (χ0) is 13.7. The number of esters is 1. The minimum atomic E-state index is -0.235. The molecular weight excluding hydrogens is 236 g/mol. The minimum absolute atomic E-state index is 0.193. The molecule has 2 heteroatoms. The molecule has 2 aromatic rings. The van der Waals surface area contributed by atoms with Gasteiger partial charge >= 0.3 is 5.97 Å². The lowest BCUT2D eigenvalue weighted by molar-refractivity contribution is -0.137. The maximum Gasteiger partial charge on any atom is 0.319 e. The molecule has 0 radical (unpaired) electrons. The number of ether oxygens (including phenoxy) is 1. The fourth-order valence-corrected chi connectivity index (χ4v) is 2.12. The first-order valence-corrected chi connectivity index (χ1v) is 6.50. The van der Waals surface area contributed by atoms with Crippen LogP contribution in [-0.4, -0.2) is 5.97 Å². The summed E-state index contributed by atoms with van der Waals surface area (Å²) in [5.74, 6) is 0.349. The summed E-state index contributed by atoms with van der Waals surface area (Å²) < 4.78 is 5.45. The molecule has 0 saturated carbocycles. The molecule has 19 heavy (non-hydrogen) atoms. The predicted molar refractivity (Wildman–Crippen MR) is 76.1 cm³/mol. The van der Waals surface area contributed by atoms with E-state index >= 15 is 0 Å². The van der Waals surface area contributed by atoms with Crippen LogP contribution in [0.4, 0.5) is 0 Å². The zero-order valence-electron chi connectivity index (χ0n) is 11.2. The minimum Gasteiger partial charge on any atom is -0.426 e. The molecular formula is C17H18O2. The summed E-state index contributed by atoms with van der Waals surface area (Å²) in [5.41, 5.74) is 0.999. The van der Waals surface area contributed by atoms with E-state index < -0.39 is 0 Å². The van der Waals surface area contributed by atoms with Gasteiger partial charge in [-0.3, -0.25) is 4.79 Å². The van der Waals surface area contributed by atoms with Crippen LogP contribution in [0, 0.1) is 5.92 Å². The molecule has 0 fully saturated rings. The van der Waals surface area contributed by atoms with E-state index in [1.54, 1.807) is 12.1 Å². The van der Waals surface area contributed by atoms with Gasteiger partial charge in [0.05, 0.1) is 5.92 Å². The number of rotatable bonds is 4. The van der Waals surface area contributed by atoms with Crippen molar-refractivity contribution in [2.24, 2.45) is 5.92 Å². The highest BCUT2D eigenvalue weighted by molar-refractivity contribution is 5.80. The highest BCUT2D eigenvalue weighted by Crippen LogP contribution is 2.26. The monoisotopic (exact) mass is 254 g/mol. The molecule has 2 aromatic carbocycles. The average Bonchev–Trinajstić information content (AvgIpc) is 2.40. The lowest BCUT2D eigenvalue weighted by atomic mass is 9.88. The van der Waals surface area contributed by atoms with Crippen LogP contribution in [0.25, 0.3) is 0 Å². The van der Waals surface area contributed by atoms with Gasteiger partial charge in [0.1, 0.15) is 5.75 Å². The fraction of sp³-hybridized carbons (Fsp3) is 0.235. The molecule has 0 aliphatic heterocycles. The molecule has 2 nitrogen and oxygen atoms in total.